The van der Waals surface area contributed by atoms with Gasteiger partial charge in [-0.3, -0.25) is 14.9 Å². The Bertz CT molecular complexity index is 822. The number of amides is 1. The van der Waals surface area contributed by atoms with Crippen LogP contribution in [0, 0.1) is 10.1 Å². The number of carbonyl (C=O) groups is 1. The van der Waals surface area contributed by atoms with Crippen molar-refractivity contribution in [1.29, 1.82) is 0 Å². The van der Waals surface area contributed by atoms with E-state index < -0.39 is 10.8 Å². The lowest BCUT2D eigenvalue weighted by atomic mass is 10.2. The monoisotopic (exact) mass is 435 g/mol. The van der Waals surface area contributed by atoms with Crippen LogP contribution in [-0.4, -0.2) is 43.7 Å². The van der Waals surface area contributed by atoms with E-state index in [2.05, 4.69) is 21.2 Å². The van der Waals surface area contributed by atoms with Crippen molar-refractivity contribution in [3.05, 3.63) is 57.1 Å². The van der Waals surface area contributed by atoms with Crippen molar-refractivity contribution in [3.63, 3.8) is 0 Å². The Morgan fingerprint density at radius 1 is 1.22 bits per heavy atom. The lowest BCUT2D eigenvalue weighted by molar-refractivity contribution is -0.384. The van der Waals surface area contributed by atoms with Gasteiger partial charge in [0.15, 0.2) is 6.61 Å². The number of ether oxygens (including phenoxy) is 2. The fourth-order valence-electron chi connectivity index (χ4n) is 2.70. The predicted molar refractivity (Wildman–Crippen MR) is 104 cm³/mol. The predicted octanol–water partition coefficient (Wildman–Crippen LogP) is 3.21. The molecule has 2 aromatic rings. The second-order valence-electron chi connectivity index (χ2n) is 5.85. The molecule has 0 radical (unpaired) electrons. The standard InChI is InChI=1S/C18H18BrN3O5/c19-13-1-4-15(5-2-13)27-12-18(23)20-14-3-6-16(17(11-14)22(24)25)21-7-9-26-10-8-21/h1-6,11H,7-10,12H2,(H,20,23). The third kappa shape index (κ3) is 5.18. The maximum absolute atomic E-state index is 12.1. The number of morpholine rings is 1. The Labute approximate surface area is 164 Å². The summed E-state index contributed by atoms with van der Waals surface area (Å²) in [4.78, 5) is 25.0. The second kappa shape index (κ2) is 8.83. The van der Waals surface area contributed by atoms with E-state index in [1.165, 1.54) is 6.07 Å². The van der Waals surface area contributed by atoms with E-state index in [9.17, 15) is 14.9 Å². The fourth-order valence-corrected chi connectivity index (χ4v) is 2.96. The van der Waals surface area contributed by atoms with E-state index >= 15 is 0 Å². The van der Waals surface area contributed by atoms with Crippen LogP contribution in [0.1, 0.15) is 0 Å². The Kier molecular flexibility index (Phi) is 6.25. The Morgan fingerprint density at radius 2 is 1.93 bits per heavy atom. The number of rotatable bonds is 6. The van der Waals surface area contributed by atoms with E-state index in [0.717, 1.165) is 4.47 Å². The number of anilines is 2. The zero-order valence-corrected chi connectivity index (χ0v) is 16.0. The summed E-state index contributed by atoms with van der Waals surface area (Å²) in [5.74, 6) is 0.160. The highest BCUT2D eigenvalue weighted by atomic mass is 79.9. The van der Waals surface area contributed by atoms with Gasteiger partial charge in [0, 0.05) is 29.3 Å². The molecule has 1 amide bonds. The van der Waals surface area contributed by atoms with Gasteiger partial charge in [-0.1, -0.05) is 15.9 Å². The van der Waals surface area contributed by atoms with Crippen LogP contribution in [0.2, 0.25) is 0 Å². The SMILES string of the molecule is O=C(COc1ccc(Br)cc1)Nc1ccc(N2CCOCC2)c([N+](=O)[O-])c1. The Balaban J connectivity index is 1.65. The first-order valence-electron chi connectivity index (χ1n) is 8.32. The van der Waals surface area contributed by atoms with Crippen molar-refractivity contribution in [2.75, 3.05) is 43.1 Å². The van der Waals surface area contributed by atoms with Gasteiger partial charge in [-0.25, -0.2) is 0 Å². The Hall–Kier alpha value is -2.65. The van der Waals surface area contributed by atoms with Gasteiger partial charge < -0.3 is 19.7 Å². The molecular formula is C18H18BrN3O5. The van der Waals surface area contributed by atoms with Crippen molar-refractivity contribution in [1.82, 2.24) is 0 Å². The molecule has 0 unspecified atom stereocenters. The van der Waals surface area contributed by atoms with Crippen molar-refractivity contribution < 1.29 is 19.2 Å². The van der Waals surface area contributed by atoms with Crippen LogP contribution in [0.3, 0.4) is 0 Å². The van der Waals surface area contributed by atoms with Gasteiger partial charge in [0.1, 0.15) is 11.4 Å². The third-order valence-corrected chi connectivity index (χ3v) is 4.52. The van der Waals surface area contributed by atoms with Gasteiger partial charge in [0.25, 0.3) is 11.6 Å². The van der Waals surface area contributed by atoms with Crippen molar-refractivity contribution in [3.8, 4) is 5.75 Å². The third-order valence-electron chi connectivity index (χ3n) is 3.99. The molecule has 0 saturated carbocycles. The quantitative estimate of drug-likeness (QED) is 0.552. The number of nitrogens with zero attached hydrogens (tertiary/aromatic N) is 2. The molecule has 0 atom stereocenters. The lowest BCUT2D eigenvalue weighted by Crippen LogP contribution is -2.36. The number of nitro benzene ring substituents is 1. The van der Waals surface area contributed by atoms with Crippen LogP contribution in [0.5, 0.6) is 5.75 Å². The molecule has 1 saturated heterocycles. The summed E-state index contributed by atoms with van der Waals surface area (Å²) >= 11 is 3.32. The van der Waals surface area contributed by atoms with Crippen LogP contribution in [0.15, 0.2) is 46.9 Å². The molecule has 142 valence electrons. The molecule has 1 fully saturated rings. The second-order valence-corrected chi connectivity index (χ2v) is 6.77. The summed E-state index contributed by atoms with van der Waals surface area (Å²) in [6, 6.07) is 11.7. The molecule has 1 aliphatic rings. The highest BCUT2D eigenvalue weighted by Gasteiger charge is 2.22. The molecule has 0 aromatic heterocycles. The smallest absolute Gasteiger partial charge is 0.294 e. The molecule has 3 rings (SSSR count). The summed E-state index contributed by atoms with van der Waals surface area (Å²) < 4.78 is 11.6. The number of hydrogen-bond acceptors (Lipinski definition) is 6. The van der Waals surface area contributed by atoms with E-state index in [4.69, 9.17) is 9.47 Å². The summed E-state index contributed by atoms with van der Waals surface area (Å²) in [7, 11) is 0. The molecule has 27 heavy (non-hydrogen) atoms. The zero-order chi connectivity index (χ0) is 19.2. The fraction of sp³-hybridized carbons (Fsp3) is 0.278. The molecule has 2 aromatic carbocycles. The Morgan fingerprint density at radius 3 is 2.59 bits per heavy atom. The van der Waals surface area contributed by atoms with Gasteiger partial charge in [0.2, 0.25) is 0 Å². The normalized spacial score (nSPS) is 13.9. The van der Waals surface area contributed by atoms with Gasteiger partial charge in [-0.15, -0.1) is 0 Å². The van der Waals surface area contributed by atoms with Gasteiger partial charge in [-0.2, -0.15) is 0 Å². The molecule has 0 aliphatic carbocycles. The highest BCUT2D eigenvalue weighted by Crippen LogP contribution is 2.31. The summed E-state index contributed by atoms with van der Waals surface area (Å²) in [5.41, 5.74) is 0.819. The molecule has 1 aliphatic heterocycles. The number of nitro groups is 1. The lowest BCUT2D eigenvalue weighted by Gasteiger charge is -2.28. The number of hydrogen-bond donors (Lipinski definition) is 1. The highest BCUT2D eigenvalue weighted by molar-refractivity contribution is 9.10. The molecule has 8 nitrogen and oxygen atoms in total. The van der Waals surface area contributed by atoms with Crippen molar-refractivity contribution in [2.45, 2.75) is 0 Å². The van der Waals surface area contributed by atoms with Crippen LogP contribution < -0.4 is 15.0 Å². The van der Waals surface area contributed by atoms with Crippen LogP contribution >= 0.6 is 15.9 Å². The largest absolute Gasteiger partial charge is 0.484 e. The first-order chi connectivity index (χ1) is 13.0. The maximum atomic E-state index is 12.1. The average Bonchev–Trinajstić information content (AvgIpc) is 2.68. The van der Waals surface area contributed by atoms with E-state index in [-0.39, 0.29) is 12.3 Å². The van der Waals surface area contributed by atoms with E-state index in [1.54, 1.807) is 36.4 Å². The zero-order valence-electron chi connectivity index (χ0n) is 14.4. The maximum Gasteiger partial charge on any atom is 0.294 e. The van der Waals surface area contributed by atoms with Crippen LogP contribution in [0.4, 0.5) is 17.1 Å². The first kappa shape index (κ1) is 19.1. The molecule has 0 spiro atoms. The first-order valence-corrected chi connectivity index (χ1v) is 9.11. The number of benzene rings is 2. The number of nitrogens with one attached hydrogen (secondary N) is 1. The van der Waals surface area contributed by atoms with Gasteiger partial charge >= 0.3 is 0 Å². The minimum Gasteiger partial charge on any atom is -0.484 e. The molecular weight excluding hydrogens is 418 g/mol. The topological polar surface area (TPSA) is 93.9 Å². The minimum atomic E-state index is -0.446. The number of halogens is 1. The van der Waals surface area contributed by atoms with E-state index in [1.807, 2.05) is 4.90 Å². The summed E-state index contributed by atoms with van der Waals surface area (Å²) in [6.45, 7) is 2.05. The molecule has 1 heterocycles. The van der Waals surface area contributed by atoms with E-state index in [0.29, 0.717) is 43.4 Å². The van der Waals surface area contributed by atoms with Gasteiger partial charge in [-0.05, 0) is 36.4 Å². The summed E-state index contributed by atoms with van der Waals surface area (Å²) in [6.07, 6.45) is 0. The molecule has 0 bridgehead atoms. The van der Waals surface area contributed by atoms with Crippen molar-refractivity contribution in [2.24, 2.45) is 0 Å². The van der Waals surface area contributed by atoms with Crippen LogP contribution in [-0.2, 0) is 9.53 Å². The summed E-state index contributed by atoms with van der Waals surface area (Å²) in [5, 5.41) is 14.1. The van der Waals surface area contributed by atoms with Crippen LogP contribution in [0.25, 0.3) is 0 Å². The minimum absolute atomic E-state index is 0.0523. The number of carbonyl (C=O) groups excluding carboxylic acids is 1. The van der Waals surface area contributed by atoms with Gasteiger partial charge in [0.05, 0.1) is 18.1 Å². The molecule has 1 N–H and O–H groups in total. The average molecular weight is 436 g/mol. The molecule has 9 heteroatoms. The van der Waals surface area contributed by atoms with Crippen molar-refractivity contribution >= 4 is 38.9 Å².